The van der Waals surface area contributed by atoms with Crippen molar-refractivity contribution in [2.75, 3.05) is 0 Å². The largest absolute Gasteiger partial charge is 0.475 e. The van der Waals surface area contributed by atoms with E-state index in [2.05, 4.69) is 0 Å². The number of ketones is 1. The Labute approximate surface area is 78.5 Å². The summed E-state index contributed by atoms with van der Waals surface area (Å²) in [5.74, 6) is -2.40. The van der Waals surface area contributed by atoms with Gasteiger partial charge >= 0.3 is 5.97 Å². The lowest BCUT2D eigenvalue weighted by Crippen LogP contribution is -2.20. The number of carbonyl (C=O) groups excluding carboxylic acids is 1. The summed E-state index contributed by atoms with van der Waals surface area (Å²) in [4.78, 5) is 21.2. The van der Waals surface area contributed by atoms with Gasteiger partial charge in [-0.3, -0.25) is 4.79 Å². The van der Waals surface area contributed by atoms with E-state index in [1.54, 1.807) is 6.92 Å². The van der Waals surface area contributed by atoms with E-state index < -0.39 is 11.8 Å². The predicted octanol–water partition coefficient (Wildman–Crippen LogP) is 2.02. The van der Waals surface area contributed by atoms with Crippen LogP contribution < -0.4 is 0 Å². The molecule has 3 heteroatoms. The maximum Gasteiger partial charge on any atom is 0.372 e. The number of rotatable bonds is 5. The lowest BCUT2D eigenvalue weighted by molar-refractivity contribution is -0.150. The van der Waals surface area contributed by atoms with E-state index in [-0.39, 0.29) is 5.92 Å². The van der Waals surface area contributed by atoms with Gasteiger partial charge in [-0.05, 0) is 26.7 Å². The van der Waals surface area contributed by atoms with E-state index in [1.165, 1.54) is 5.57 Å². The molecule has 1 N–H and O–H groups in total. The van der Waals surface area contributed by atoms with Gasteiger partial charge in [-0.15, -0.1) is 0 Å². The Balaban J connectivity index is 3.88. The van der Waals surface area contributed by atoms with Crippen LogP contribution in [0.1, 0.15) is 33.6 Å². The van der Waals surface area contributed by atoms with Gasteiger partial charge in [-0.25, -0.2) is 4.79 Å². The van der Waals surface area contributed by atoms with Crippen molar-refractivity contribution in [1.29, 1.82) is 0 Å². The van der Waals surface area contributed by atoms with Crippen LogP contribution >= 0.6 is 0 Å². The fraction of sp³-hybridized carbons (Fsp3) is 0.600. The lowest BCUT2D eigenvalue weighted by atomic mass is 10.00. The quantitative estimate of drug-likeness (QED) is 0.525. The van der Waals surface area contributed by atoms with Crippen LogP contribution in [-0.4, -0.2) is 16.9 Å². The molecule has 74 valence electrons. The number of hydrogen-bond acceptors (Lipinski definition) is 2. The smallest absolute Gasteiger partial charge is 0.372 e. The number of carbonyl (C=O) groups is 2. The highest BCUT2D eigenvalue weighted by atomic mass is 16.4. The second kappa shape index (κ2) is 5.51. The van der Waals surface area contributed by atoms with Gasteiger partial charge in [-0.2, -0.15) is 0 Å². The van der Waals surface area contributed by atoms with Gasteiger partial charge in [0.25, 0.3) is 0 Å². The Morgan fingerprint density at radius 3 is 2.31 bits per heavy atom. The van der Waals surface area contributed by atoms with Crippen LogP contribution in [0, 0.1) is 5.92 Å². The number of carboxylic acid groups (broad SMARTS) is 1. The molecule has 0 amide bonds. The van der Waals surface area contributed by atoms with Crippen molar-refractivity contribution < 1.29 is 14.7 Å². The molecule has 0 aliphatic carbocycles. The number of Topliss-reactive ketones (excluding diaryl/α,β-unsaturated/α-hetero) is 1. The van der Waals surface area contributed by atoms with Gasteiger partial charge in [0, 0.05) is 5.92 Å². The summed E-state index contributed by atoms with van der Waals surface area (Å²) in [5.41, 5.74) is 1.19. The topological polar surface area (TPSA) is 54.4 Å². The number of hydrogen-bond donors (Lipinski definition) is 1. The van der Waals surface area contributed by atoms with Crippen molar-refractivity contribution >= 4 is 11.8 Å². The Bertz CT molecular complexity index is 224. The zero-order valence-electron chi connectivity index (χ0n) is 8.33. The Morgan fingerprint density at radius 2 is 1.92 bits per heavy atom. The van der Waals surface area contributed by atoms with Gasteiger partial charge in [0.2, 0.25) is 5.78 Å². The molecule has 0 rings (SSSR count). The maximum atomic E-state index is 10.9. The van der Waals surface area contributed by atoms with Crippen LogP contribution in [-0.2, 0) is 9.59 Å². The highest BCUT2D eigenvalue weighted by molar-refractivity contribution is 6.33. The van der Waals surface area contributed by atoms with E-state index in [9.17, 15) is 9.59 Å². The van der Waals surface area contributed by atoms with Crippen LogP contribution in [0.25, 0.3) is 0 Å². The summed E-state index contributed by atoms with van der Waals surface area (Å²) in [6.07, 6.45) is 3.38. The molecule has 0 fully saturated rings. The van der Waals surface area contributed by atoms with Gasteiger partial charge in [-0.1, -0.05) is 18.6 Å². The minimum absolute atomic E-state index is 0.381. The minimum Gasteiger partial charge on any atom is -0.475 e. The summed E-state index contributed by atoms with van der Waals surface area (Å²) in [7, 11) is 0. The van der Waals surface area contributed by atoms with Crippen LogP contribution in [0.2, 0.25) is 0 Å². The van der Waals surface area contributed by atoms with Crippen molar-refractivity contribution in [1.82, 2.24) is 0 Å². The molecule has 3 nitrogen and oxygen atoms in total. The summed E-state index contributed by atoms with van der Waals surface area (Å²) >= 11 is 0. The molecule has 0 aliphatic rings. The van der Waals surface area contributed by atoms with Gasteiger partial charge in [0.05, 0.1) is 0 Å². The number of aliphatic carboxylic acids is 1. The van der Waals surface area contributed by atoms with E-state index >= 15 is 0 Å². The fourth-order valence-electron chi connectivity index (χ4n) is 0.964. The average molecular weight is 184 g/mol. The van der Waals surface area contributed by atoms with Crippen molar-refractivity contribution in [3.05, 3.63) is 11.6 Å². The zero-order chi connectivity index (χ0) is 10.4. The first-order chi connectivity index (χ1) is 5.95. The van der Waals surface area contributed by atoms with E-state index in [0.29, 0.717) is 6.42 Å². The van der Waals surface area contributed by atoms with Gasteiger partial charge in [0.15, 0.2) is 0 Å². The molecule has 0 aromatic heterocycles. The summed E-state index contributed by atoms with van der Waals surface area (Å²) < 4.78 is 0. The molecule has 0 saturated heterocycles. The zero-order valence-corrected chi connectivity index (χ0v) is 8.33. The van der Waals surface area contributed by atoms with E-state index in [0.717, 1.165) is 6.42 Å². The highest BCUT2D eigenvalue weighted by Crippen LogP contribution is 2.08. The third-order valence-electron chi connectivity index (χ3n) is 1.81. The molecule has 0 saturated carbocycles. The van der Waals surface area contributed by atoms with Crippen LogP contribution in [0.4, 0.5) is 0 Å². The third kappa shape index (κ3) is 5.17. The lowest BCUT2D eigenvalue weighted by Gasteiger charge is -2.04. The SMILES string of the molecule is CC(C)=CCCC(C)C(=O)C(=O)O. The highest BCUT2D eigenvalue weighted by Gasteiger charge is 2.18. The summed E-state index contributed by atoms with van der Waals surface area (Å²) in [5, 5.41) is 8.40. The van der Waals surface area contributed by atoms with Crippen molar-refractivity contribution in [2.24, 2.45) is 5.92 Å². The third-order valence-corrected chi connectivity index (χ3v) is 1.81. The van der Waals surface area contributed by atoms with E-state index in [1.807, 2.05) is 19.9 Å². The molecule has 0 aliphatic heterocycles. The average Bonchev–Trinajstić information content (AvgIpc) is 2.02. The second-order valence-corrected chi connectivity index (χ2v) is 3.43. The summed E-state index contributed by atoms with van der Waals surface area (Å²) in [6, 6.07) is 0. The molecule has 0 aromatic rings. The Morgan fingerprint density at radius 1 is 1.38 bits per heavy atom. The molecule has 0 heterocycles. The monoisotopic (exact) mass is 184 g/mol. The molecule has 0 bridgehead atoms. The minimum atomic E-state index is -1.33. The van der Waals surface area contributed by atoms with Crippen LogP contribution in [0.15, 0.2) is 11.6 Å². The number of carboxylic acids is 1. The van der Waals surface area contributed by atoms with E-state index in [4.69, 9.17) is 5.11 Å². The number of allylic oxidation sites excluding steroid dienone is 2. The van der Waals surface area contributed by atoms with Crippen LogP contribution in [0.5, 0.6) is 0 Å². The van der Waals surface area contributed by atoms with Gasteiger partial charge in [0.1, 0.15) is 0 Å². The molecular formula is C10H16O3. The van der Waals surface area contributed by atoms with Crippen molar-refractivity contribution in [3.8, 4) is 0 Å². The van der Waals surface area contributed by atoms with Crippen LogP contribution in [0.3, 0.4) is 0 Å². The normalized spacial score (nSPS) is 11.9. The maximum absolute atomic E-state index is 10.9. The van der Waals surface area contributed by atoms with Gasteiger partial charge < -0.3 is 5.11 Å². The second-order valence-electron chi connectivity index (χ2n) is 3.43. The molecular weight excluding hydrogens is 168 g/mol. The fourth-order valence-corrected chi connectivity index (χ4v) is 0.964. The molecule has 13 heavy (non-hydrogen) atoms. The van der Waals surface area contributed by atoms with Crippen molar-refractivity contribution in [3.63, 3.8) is 0 Å². The Hall–Kier alpha value is -1.12. The predicted molar refractivity (Wildman–Crippen MR) is 50.5 cm³/mol. The molecule has 0 aromatic carbocycles. The summed E-state index contributed by atoms with van der Waals surface area (Å²) in [6.45, 7) is 5.60. The molecule has 0 spiro atoms. The Kier molecular flexibility index (Phi) is 5.04. The first kappa shape index (κ1) is 11.9. The van der Waals surface area contributed by atoms with Crippen molar-refractivity contribution in [2.45, 2.75) is 33.6 Å². The first-order valence-corrected chi connectivity index (χ1v) is 4.35. The first-order valence-electron chi connectivity index (χ1n) is 4.35. The standard InChI is InChI=1S/C10H16O3/c1-7(2)5-4-6-8(3)9(11)10(12)13/h5,8H,4,6H2,1-3H3,(H,12,13). The molecule has 1 unspecified atom stereocenters. The molecule has 0 radical (unpaired) electrons. The molecule has 1 atom stereocenters.